The number of amides is 1. The Morgan fingerprint density at radius 2 is 2.13 bits per heavy atom. The summed E-state index contributed by atoms with van der Waals surface area (Å²) in [6, 6.07) is 4.40. The van der Waals surface area contributed by atoms with Gasteiger partial charge >= 0.3 is 0 Å². The fourth-order valence-electron chi connectivity index (χ4n) is 1.76. The number of hydrogen-bond donors (Lipinski definition) is 0. The molecule has 1 heterocycles. The number of halogens is 2. The van der Waals surface area contributed by atoms with Gasteiger partial charge in [-0.15, -0.1) is 0 Å². The van der Waals surface area contributed by atoms with Gasteiger partial charge < -0.3 is 4.90 Å². The van der Waals surface area contributed by atoms with E-state index in [0.717, 1.165) is 25.1 Å². The molecule has 1 fully saturated rings. The normalized spacial score (nSPS) is 16.9. The Hall–Kier alpha value is -0.900. The molecule has 80 valence electrons. The number of nitrogens with zero attached hydrogens (tertiary/aromatic N) is 1. The Morgan fingerprint density at radius 1 is 1.33 bits per heavy atom. The summed E-state index contributed by atoms with van der Waals surface area (Å²) in [5.41, 5.74) is 0.765. The number of carbonyl (C=O) groups excluding carboxylic acids is 1. The van der Waals surface area contributed by atoms with Crippen molar-refractivity contribution >= 4 is 27.5 Å². The lowest BCUT2D eigenvalue weighted by Gasteiger charge is -2.27. The summed E-state index contributed by atoms with van der Waals surface area (Å²) in [5.74, 6) is -0.177. The summed E-state index contributed by atoms with van der Waals surface area (Å²) in [6.45, 7) is 0.725. The van der Waals surface area contributed by atoms with E-state index in [4.69, 9.17) is 0 Å². The first kappa shape index (κ1) is 10.6. The highest BCUT2D eigenvalue weighted by atomic mass is 79.9. The first-order valence-corrected chi connectivity index (χ1v) is 5.73. The molecule has 1 aromatic carbocycles. The van der Waals surface area contributed by atoms with Crippen LogP contribution in [-0.2, 0) is 4.79 Å². The average Bonchev–Trinajstić information content (AvgIpc) is 2.20. The molecule has 2 rings (SSSR count). The highest BCUT2D eigenvalue weighted by Gasteiger charge is 2.21. The zero-order chi connectivity index (χ0) is 10.8. The monoisotopic (exact) mass is 271 g/mol. The molecule has 2 nitrogen and oxygen atoms in total. The van der Waals surface area contributed by atoms with Crippen molar-refractivity contribution < 1.29 is 9.18 Å². The first-order chi connectivity index (χ1) is 7.18. The molecular weight excluding hydrogens is 261 g/mol. The Labute approximate surface area is 96.2 Å². The second-order valence-corrected chi connectivity index (χ2v) is 4.45. The molecule has 1 aliphatic rings. The fraction of sp³-hybridized carbons (Fsp3) is 0.364. The smallest absolute Gasteiger partial charge is 0.227 e. The third kappa shape index (κ3) is 2.20. The molecule has 0 saturated carbocycles. The summed E-state index contributed by atoms with van der Waals surface area (Å²) in [7, 11) is 0. The van der Waals surface area contributed by atoms with Gasteiger partial charge in [-0.3, -0.25) is 4.79 Å². The number of benzene rings is 1. The Balaban J connectivity index is 2.31. The molecule has 15 heavy (non-hydrogen) atoms. The first-order valence-electron chi connectivity index (χ1n) is 4.94. The van der Waals surface area contributed by atoms with Gasteiger partial charge in [-0.2, -0.15) is 0 Å². The minimum absolute atomic E-state index is 0.119. The molecule has 1 aliphatic heterocycles. The van der Waals surface area contributed by atoms with E-state index in [1.165, 1.54) is 12.1 Å². The average molecular weight is 272 g/mol. The van der Waals surface area contributed by atoms with Crippen molar-refractivity contribution in [2.75, 3.05) is 11.4 Å². The maximum Gasteiger partial charge on any atom is 0.227 e. The molecule has 0 unspecified atom stereocenters. The third-order valence-corrected chi connectivity index (χ3v) is 3.16. The van der Waals surface area contributed by atoms with Gasteiger partial charge in [0.2, 0.25) is 5.91 Å². The van der Waals surface area contributed by atoms with Crippen molar-refractivity contribution in [3.05, 3.63) is 28.5 Å². The van der Waals surface area contributed by atoms with Gasteiger partial charge in [-0.1, -0.05) is 0 Å². The summed E-state index contributed by atoms with van der Waals surface area (Å²) >= 11 is 3.28. The van der Waals surface area contributed by atoms with Crippen LogP contribution in [0.5, 0.6) is 0 Å². The van der Waals surface area contributed by atoms with Crippen molar-refractivity contribution in [1.29, 1.82) is 0 Å². The predicted molar refractivity (Wildman–Crippen MR) is 60.3 cm³/mol. The second-order valence-electron chi connectivity index (χ2n) is 3.60. The van der Waals surface area contributed by atoms with E-state index < -0.39 is 0 Å². The van der Waals surface area contributed by atoms with Gasteiger partial charge in [0.15, 0.2) is 0 Å². The zero-order valence-electron chi connectivity index (χ0n) is 8.17. The molecule has 1 saturated heterocycles. The Kier molecular flexibility index (Phi) is 3.05. The van der Waals surface area contributed by atoms with Crippen LogP contribution in [0.25, 0.3) is 0 Å². The lowest BCUT2D eigenvalue weighted by Crippen LogP contribution is -2.35. The van der Waals surface area contributed by atoms with Crippen LogP contribution in [0.1, 0.15) is 19.3 Å². The quantitative estimate of drug-likeness (QED) is 0.769. The summed E-state index contributed by atoms with van der Waals surface area (Å²) in [4.78, 5) is 13.4. The predicted octanol–water partition coefficient (Wildman–Crippen LogP) is 3.11. The van der Waals surface area contributed by atoms with Gasteiger partial charge in [0.05, 0.1) is 5.69 Å². The summed E-state index contributed by atoms with van der Waals surface area (Å²) in [5, 5.41) is 0. The topological polar surface area (TPSA) is 20.3 Å². The van der Waals surface area contributed by atoms with E-state index in [1.807, 2.05) is 0 Å². The van der Waals surface area contributed by atoms with Gasteiger partial charge in [-0.05, 0) is 47.0 Å². The summed E-state index contributed by atoms with van der Waals surface area (Å²) in [6.07, 6.45) is 2.55. The SMILES string of the molecule is O=C1CCCCN1c1ccc(F)cc1Br. The molecular formula is C11H11BrFNO. The minimum atomic E-state index is -0.296. The molecule has 0 bridgehead atoms. The molecule has 0 spiro atoms. The highest BCUT2D eigenvalue weighted by molar-refractivity contribution is 9.10. The van der Waals surface area contributed by atoms with Crippen LogP contribution < -0.4 is 4.90 Å². The maximum atomic E-state index is 12.9. The van der Waals surface area contributed by atoms with Gasteiger partial charge in [0.25, 0.3) is 0 Å². The largest absolute Gasteiger partial charge is 0.311 e. The second kappa shape index (κ2) is 4.31. The van der Waals surface area contributed by atoms with Crippen molar-refractivity contribution in [1.82, 2.24) is 0 Å². The van der Waals surface area contributed by atoms with E-state index >= 15 is 0 Å². The number of hydrogen-bond acceptors (Lipinski definition) is 1. The van der Waals surface area contributed by atoms with Crippen LogP contribution >= 0.6 is 15.9 Å². The number of rotatable bonds is 1. The zero-order valence-corrected chi connectivity index (χ0v) is 9.76. The van der Waals surface area contributed by atoms with E-state index in [0.29, 0.717) is 10.9 Å². The van der Waals surface area contributed by atoms with Crippen LogP contribution in [0.4, 0.5) is 10.1 Å². The third-order valence-electron chi connectivity index (χ3n) is 2.52. The van der Waals surface area contributed by atoms with Crippen molar-refractivity contribution in [2.24, 2.45) is 0 Å². The van der Waals surface area contributed by atoms with Gasteiger partial charge in [0.1, 0.15) is 5.82 Å². The molecule has 0 aliphatic carbocycles. The lowest BCUT2D eigenvalue weighted by atomic mass is 10.1. The van der Waals surface area contributed by atoms with Gasteiger partial charge in [0, 0.05) is 17.4 Å². The summed E-state index contributed by atoms with van der Waals surface area (Å²) < 4.78 is 13.5. The lowest BCUT2D eigenvalue weighted by molar-refractivity contribution is -0.119. The van der Waals surface area contributed by atoms with Crippen molar-refractivity contribution in [2.45, 2.75) is 19.3 Å². The van der Waals surface area contributed by atoms with Crippen LogP contribution in [-0.4, -0.2) is 12.5 Å². The van der Waals surface area contributed by atoms with E-state index in [-0.39, 0.29) is 11.7 Å². The highest BCUT2D eigenvalue weighted by Crippen LogP contribution is 2.29. The van der Waals surface area contributed by atoms with Crippen LogP contribution in [0.3, 0.4) is 0 Å². The fourth-order valence-corrected chi connectivity index (χ4v) is 2.33. The molecule has 0 aromatic heterocycles. The molecule has 1 amide bonds. The molecule has 0 radical (unpaired) electrons. The maximum absolute atomic E-state index is 12.9. The number of piperidine rings is 1. The molecule has 0 atom stereocenters. The van der Waals surface area contributed by atoms with Crippen LogP contribution in [0.15, 0.2) is 22.7 Å². The van der Waals surface area contributed by atoms with E-state index in [1.54, 1.807) is 11.0 Å². The molecule has 1 aromatic rings. The van der Waals surface area contributed by atoms with Crippen LogP contribution in [0.2, 0.25) is 0 Å². The van der Waals surface area contributed by atoms with Gasteiger partial charge in [-0.25, -0.2) is 4.39 Å². The number of carbonyl (C=O) groups is 1. The minimum Gasteiger partial charge on any atom is -0.311 e. The van der Waals surface area contributed by atoms with E-state index in [2.05, 4.69) is 15.9 Å². The molecule has 4 heteroatoms. The Morgan fingerprint density at radius 3 is 2.80 bits per heavy atom. The van der Waals surface area contributed by atoms with E-state index in [9.17, 15) is 9.18 Å². The van der Waals surface area contributed by atoms with Crippen molar-refractivity contribution in [3.63, 3.8) is 0 Å². The van der Waals surface area contributed by atoms with Crippen LogP contribution in [0, 0.1) is 5.82 Å². The Bertz CT molecular complexity index is 394. The standard InChI is InChI=1S/C11H11BrFNO/c12-9-7-8(13)4-5-10(9)14-6-2-1-3-11(14)15/h4-5,7H,1-3,6H2. The molecule has 0 N–H and O–H groups in total. The number of anilines is 1. The van der Waals surface area contributed by atoms with Crippen molar-refractivity contribution in [3.8, 4) is 0 Å².